The van der Waals surface area contributed by atoms with E-state index in [0.717, 1.165) is 13.2 Å². The average Bonchev–Trinajstić information content (AvgIpc) is 2.48. The molecule has 78 valence electrons. The Balaban J connectivity index is 2.17. The summed E-state index contributed by atoms with van der Waals surface area (Å²) in [5.41, 5.74) is 0. The molecule has 0 aliphatic carbocycles. The third kappa shape index (κ3) is 3.65. The molecule has 2 nitrogen and oxygen atoms in total. The zero-order valence-corrected chi connectivity index (χ0v) is 9.42. The molecule has 1 aliphatic heterocycles. The lowest BCUT2D eigenvalue weighted by molar-refractivity contribution is 0.0397. The lowest BCUT2D eigenvalue weighted by Crippen LogP contribution is -2.30. The van der Waals surface area contributed by atoms with Crippen LogP contribution in [0.4, 0.5) is 0 Å². The first-order valence-electron chi connectivity index (χ1n) is 5.45. The Kier molecular flexibility index (Phi) is 4.20. The van der Waals surface area contributed by atoms with E-state index in [1.807, 2.05) is 0 Å². The maximum atomic E-state index is 5.80. The van der Waals surface area contributed by atoms with Crippen LogP contribution in [0.5, 0.6) is 0 Å². The number of hydrogen-bond donors (Lipinski definition) is 0. The molecule has 1 heterocycles. The van der Waals surface area contributed by atoms with Gasteiger partial charge >= 0.3 is 0 Å². The predicted molar refractivity (Wildman–Crippen MR) is 55.9 cm³/mol. The highest BCUT2D eigenvalue weighted by Gasteiger charge is 2.24. The van der Waals surface area contributed by atoms with Gasteiger partial charge in [-0.2, -0.15) is 0 Å². The summed E-state index contributed by atoms with van der Waals surface area (Å²) in [7, 11) is 0. The van der Waals surface area contributed by atoms with Gasteiger partial charge in [0.15, 0.2) is 0 Å². The van der Waals surface area contributed by atoms with Gasteiger partial charge in [0, 0.05) is 25.7 Å². The lowest BCUT2D eigenvalue weighted by atomic mass is 10.2. The summed E-state index contributed by atoms with van der Waals surface area (Å²) >= 11 is 0. The van der Waals surface area contributed by atoms with E-state index in [4.69, 9.17) is 4.74 Å². The topological polar surface area (TPSA) is 12.5 Å². The summed E-state index contributed by atoms with van der Waals surface area (Å²) in [6, 6.07) is 0.674. The molecule has 1 fully saturated rings. The first-order valence-corrected chi connectivity index (χ1v) is 5.45. The minimum atomic E-state index is 0.491. The number of hydrogen-bond acceptors (Lipinski definition) is 2. The van der Waals surface area contributed by atoms with Gasteiger partial charge in [-0.05, 0) is 26.2 Å². The molecule has 1 saturated heterocycles. The van der Waals surface area contributed by atoms with Crippen LogP contribution in [0.25, 0.3) is 0 Å². The average molecular weight is 185 g/mol. The largest absolute Gasteiger partial charge is 0.377 e. The normalized spacial score (nSPS) is 24.9. The van der Waals surface area contributed by atoms with Gasteiger partial charge in [0.05, 0.1) is 6.10 Å². The predicted octanol–water partition coefficient (Wildman–Crippen LogP) is 2.14. The van der Waals surface area contributed by atoms with Gasteiger partial charge in [-0.15, -0.1) is 0 Å². The maximum absolute atomic E-state index is 5.80. The number of nitrogens with zero attached hydrogens (tertiary/aromatic N) is 1. The second-order valence-corrected chi connectivity index (χ2v) is 4.73. The molecular weight excluding hydrogens is 162 g/mol. The minimum absolute atomic E-state index is 0.491. The van der Waals surface area contributed by atoms with Crippen LogP contribution in [0.15, 0.2) is 0 Å². The maximum Gasteiger partial charge on any atom is 0.0714 e. The molecule has 0 saturated carbocycles. The molecule has 2 heteroatoms. The summed E-state index contributed by atoms with van der Waals surface area (Å²) in [5, 5.41) is 0. The molecule has 1 atom stereocenters. The highest BCUT2D eigenvalue weighted by atomic mass is 16.5. The minimum Gasteiger partial charge on any atom is -0.377 e. The molecule has 0 aromatic carbocycles. The summed E-state index contributed by atoms with van der Waals surface area (Å²) in [4.78, 5) is 2.49. The van der Waals surface area contributed by atoms with Crippen molar-refractivity contribution in [3.05, 3.63) is 0 Å². The SMILES string of the molecule is CC(C)COC1CCN(C(C)C)C1. The number of ether oxygens (including phenoxy) is 1. The van der Waals surface area contributed by atoms with Crippen LogP contribution >= 0.6 is 0 Å². The fourth-order valence-corrected chi connectivity index (χ4v) is 1.69. The molecule has 0 aromatic rings. The second-order valence-electron chi connectivity index (χ2n) is 4.73. The van der Waals surface area contributed by atoms with E-state index in [-0.39, 0.29) is 0 Å². The van der Waals surface area contributed by atoms with Crippen LogP contribution in [0, 0.1) is 5.92 Å². The van der Waals surface area contributed by atoms with Gasteiger partial charge in [0.1, 0.15) is 0 Å². The number of likely N-dealkylation sites (tertiary alicyclic amines) is 1. The van der Waals surface area contributed by atoms with Gasteiger partial charge < -0.3 is 4.74 Å². The van der Waals surface area contributed by atoms with Gasteiger partial charge in [-0.25, -0.2) is 0 Å². The fourth-order valence-electron chi connectivity index (χ4n) is 1.69. The molecule has 0 aromatic heterocycles. The molecule has 0 spiro atoms. The van der Waals surface area contributed by atoms with Crippen LogP contribution in [0.1, 0.15) is 34.1 Å². The van der Waals surface area contributed by atoms with Crippen LogP contribution < -0.4 is 0 Å². The monoisotopic (exact) mass is 185 g/mol. The Morgan fingerprint density at radius 2 is 2.00 bits per heavy atom. The Bertz CT molecular complexity index is 145. The van der Waals surface area contributed by atoms with Crippen molar-refractivity contribution in [2.75, 3.05) is 19.7 Å². The van der Waals surface area contributed by atoms with Crippen molar-refractivity contribution in [3.8, 4) is 0 Å². The zero-order chi connectivity index (χ0) is 9.84. The molecule has 0 N–H and O–H groups in total. The molecule has 13 heavy (non-hydrogen) atoms. The third-order valence-electron chi connectivity index (χ3n) is 2.57. The van der Waals surface area contributed by atoms with Crippen LogP contribution in [0.2, 0.25) is 0 Å². The van der Waals surface area contributed by atoms with Crippen molar-refractivity contribution in [1.29, 1.82) is 0 Å². The summed E-state index contributed by atoms with van der Waals surface area (Å²) in [6.45, 7) is 12.2. The van der Waals surface area contributed by atoms with Crippen molar-refractivity contribution in [2.24, 2.45) is 5.92 Å². The standard InChI is InChI=1S/C11H23NO/c1-9(2)8-13-11-5-6-12(7-11)10(3)4/h9-11H,5-8H2,1-4H3. The van der Waals surface area contributed by atoms with E-state index in [2.05, 4.69) is 32.6 Å². The van der Waals surface area contributed by atoms with Gasteiger partial charge in [-0.1, -0.05) is 13.8 Å². The third-order valence-corrected chi connectivity index (χ3v) is 2.57. The highest BCUT2D eigenvalue weighted by molar-refractivity contribution is 4.78. The van der Waals surface area contributed by atoms with Crippen molar-refractivity contribution in [3.63, 3.8) is 0 Å². The second kappa shape index (κ2) is 4.97. The van der Waals surface area contributed by atoms with Gasteiger partial charge in [-0.3, -0.25) is 4.90 Å². The summed E-state index contributed by atoms with van der Waals surface area (Å²) in [6.07, 6.45) is 1.70. The van der Waals surface area contributed by atoms with Gasteiger partial charge in [0.2, 0.25) is 0 Å². The van der Waals surface area contributed by atoms with Crippen molar-refractivity contribution in [1.82, 2.24) is 4.90 Å². The first-order chi connectivity index (χ1) is 6.09. The quantitative estimate of drug-likeness (QED) is 0.665. The van der Waals surface area contributed by atoms with Crippen LogP contribution in [-0.2, 0) is 4.74 Å². The molecular formula is C11H23NO. The lowest BCUT2D eigenvalue weighted by Gasteiger charge is -2.20. The van der Waals surface area contributed by atoms with E-state index in [9.17, 15) is 0 Å². The Morgan fingerprint density at radius 1 is 1.31 bits per heavy atom. The zero-order valence-electron chi connectivity index (χ0n) is 9.42. The van der Waals surface area contributed by atoms with E-state index in [1.165, 1.54) is 13.0 Å². The number of rotatable bonds is 4. The summed E-state index contributed by atoms with van der Waals surface area (Å²) < 4.78 is 5.80. The smallest absolute Gasteiger partial charge is 0.0714 e. The van der Waals surface area contributed by atoms with E-state index in [0.29, 0.717) is 18.1 Å². The molecule has 1 aliphatic rings. The van der Waals surface area contributed by atoms with E-state index in [1.54, 1.807) is 0 Å². The van der Waals surface area contributed by atoms with Crippen molar-refractivity contribution in [2.45, 2.75) is 46.3 Å². The van der Waals surface area contributed by atoms with Gasteiger partial charge in [0.25, 0.3) is 0 Å². The molecule has 0 amide bonds. The van der Waals surface area contributed by atoms with Crippen LogP contribution in [0.3, 0.4) is 0 Å². The van der Waals surface area contributed by atoms with Crippen molar-refractivity contribution < 1.29 is 4.74 Å². The molecule has 0 bridgehead atoms. The first kappa shape index (κ1) is 11.0. The Labute approximate surface area is 82.3 Å². The Hall–Kier alpha value is -0.0800. The molecule has 1 unspecified atom stereocenters. The van der Waals surface area contributed by atoms with Crippen molar-refractivity contribution >= 4 is 0 Å². The Morgan fingerprint density at radius 3 is 2.46 bits per heavy atom. The summed E-state index contributed by atoms with van der Waals surface area (Å²) in [5.74, 6) is 0.660. The van der Waals surface area contributed by atoms with E-state index < -0.39 is 0 Å². The highest BCUT2D eigenvalue weighted by Crippen LogP contribution is 2.15. The molecule has 0 radical (unpaired) electrons. The van der Waals surface area contributed by atoms with E-state index >= 15 is 0 Å². The van der Waals surface area contributed by atoms with Crippen LogP contribution in [-0.4, -0.2) is 36.7 Å². The fraction of sp³-hybridized carbons (Fsp3) is 1.00. The molecule has 1 rings (SSSR count).